The lowest BCUT2D eigenvalue weighted by Gasteiger charge is -1.97. The van der Waals surface area contributed by atoms with E-state index in [1.165, 1.54) is 16.0 Å². The van der Waals surface area contributed by atoms with Crippen molar-refractivity contribution in [1.29, 1.82) is 0 Å². The lowest BCUT2D eigenvalue weighted by atomic mass is 10.2. The molecule has 0 aliphatic heterocycles. The summed E-state index contributed by atoms with van der Waals surface area (Å²) >= 11 is 7.30. The number of rotatable bonds is 4. The lowest BCUT2D eigenvalue weighted by Crippen LogP contribution is -2.13. The number of aromatic amines is 1. The van der Waals surface area contributed by atoms with E-state index in [0.29, 0.717) is 21.5 Å². The summed E-state index contributed by atoms with van der Waals surface area (Å²) in [5.74, 6) is 0. The molecule has 1 N–H and O–H groups in total. The molecule has 140 valence electrons. The van der Waals surface area contributed by atoms with Crippen LogP contribution < -0.4 is 5.56 Å². The molecule has 0 spiro atoms. The molecule has 0 unspecified atom stereocenters. The zero-order chi connectivity index (χ0) is 19.7. The molecule has 0 saturated carbocycles. The van der Waals surface area contributed by atoms with Crippen LogP contribution in [-0.2, 0) is 0 Å². The van der Waals surface area contributed by atoms with Crippen molar-refractivity contribution >= 4 is 34.3 Å². The molecule has 2 aromatic carbocycles. The first-order valence-corrected chi connectivity index (χ1v) is 9.79. The number of hydrogen-bond acceptors (Lipinski definition) is 5. The van der Waals surface area contributed by atoms with Crippen LogP contribution in [0.1, 0.15) is 11.3 Å². The number of aryl methyl sites for hydroxylation is 2. The summed E-state index contributed by atoms with van der Waals surface area (Å²) < 4.78 is 1.39. The average molecular weight is 410 g/mol. The van der Waals surface area contributed by atoms with E-state index < -0.39 is 0 Å². The van der Waals surface area contributed by atoms with Gasteiger partial charge in [-0.1, -0.05) is 41.4 Å². The van der Waals surface area contributed by atoms with Gasteiger partial charge in [-0.2, -0.15) is 9.80 Å². The van der Waals surface area contributed by atoms with Crippen molar-refractivity contribution in [3.8, 4) is 16.4 Å². The molecular weight excluding hydrogens is 394 g/mol. The first kappa shape index (κ1) is 18.3. The number of benzene rings is 2. The quantitative estimate of drug-likeness (QED) is 0.421. The lowest BCUT2D eigenvalue weighted by molar-refractivity contribution is 0.827. The van der Waals surface area contributed by atoms with Crippen molar-refractivity contribution in [2.24, 2.45) is 10.2 Å². The van der Waals surface area contributed by atoms with Crippen LogP contribution in [0, 0.1) is 13.8 Å². The maximum absolute atomic E-state index is 12.8. The average Bonchev–Trinajstić information content (AvgIpc) is 3.27. The van der Waals surface area contributed by atoms with Crippen molar-refractivity contribution in [1.82, 2.24) is 14.8 Å². The van der Waals surface area contributed by atoms with E-state index in [2.05, 4.69) is 20.3 Å². The molecule has 0 radical (unpaired) electrons. The second-order valence-corrected chi connectivity index (χ2v) is 7.56. The second-order valence-electron chi connectivity index (χ2n) is 6.28. The number of H-pyrrole nitrogens is 1. The third kappa shape index (κ3) is 3.67. The summed E-state index contributed by atoms with van der Waals surface area (Å²) in [6.45, 7) is 3.79. The van der Waals surface area contributed by atoms with Crippen molar-refractivity contribution in [3.05, 3.63) is 80.5 Å². The minimum Gasteiger partial charge on any atom is -0.291 e. The Morgan fingerprint density at radius 3 is 2.46 bits per heavy atom. The number of hydrogen-bond donors (Lipinski definition) is 1. The van der Waals surface area contributed by atoms with Crippen molar-refractivity contribution in [2.75, 3.05) is 0 Å². The van der Waals surface area contributed by atoms with Crippen LogP contribution in [0.2, 0.25) is 5.02 Å². The topological polar surface area (TPSA) is 75.4 Å². The van der Waals surface area contributed by atoms with Crippen molar-refractivity contribution in [3.63, 3.8) is 0 Å². The van der Waals surface area contributed by atoms with Gasteiger partial charge in [0.15, 0.2) is 5.69 Å². The molecular formula is C20H16ClN5OS. The number of halogens is 1. The maximum atomic E-state index is 12.8. The zero-order valence-electron chi connectivity index (χ0n) is 15.2. The van der Waals surface area contributed by atoms with Crippen molar-refractivity contribution in [2.45, 2.75) is 13.8 Å². The Bertz CT molecular complexity index is 1200. The third-order valence-electron chi connectivity index (χ3n) is 4.16. The summed E-state index contributed by atoms with van der Waals surface area (Å²) in [6.07, 6.45) is 0. The fourth-order valence-corrected chi connectivity index (χ4v) is 3.55. The van der Waals surface area contributed by atoms with Gasteiger partial charge in [0, 0.05) is 16.0 Å². The highest BCUT2D eigenvalue weighted by Gasteiger charge is 2.15. The summed E-state index contributed by atoms with van der Waals surface area (Å²) in [7, 11) is 0. The number of nitrogens with one attached hydrogen (secondary N) is 1. The summed E-state index contributed by atoms with van der Waals surface area (Å²) in [5.41, 5.74) is 4.15. The number of aromatic nitrogens is 3. The first-order valence-electron chi connectivity index (χ1n) is 8.53. The van der Waals surface area contributed by atoms with E-state index in [4.69, 9.17) is 11.6 Å². The monoisotopic (exact) mass is 409 g/mol. The molecule has 4 aromatic rings. The molecule has 0 atom stereocenters. The first-order chi connectivity index (χ1) is 13.5. The van der Waals surface area contributed by atoms with Crippen LogP contribution in [0.25, 0.3) is 16.4 Å². The molecule has 0 aliphatic carbocycles. The number of thiazole rings is 1. The largest absolute Gasteiger partial charge is 0.301 e. The molecule has 28 heavy (non-hydrogen) atoms. The van der Waals surface area contributed by atoms with E-state index >= 15 is 0 Å². The molecule has 4 rings (SSSR count). The number of nitrogens with zero attached hydrogens (tertiary/aromatic N) is 4. The van der Waals surface area contributed by atoms with E-state index in [9.17, 15) is 4.79 Å². The van der Waals surface area contributed by atoms with Gasteiger partial charge in [-0.25, -0.2) is 4.98 Å². The van der Waals surface area contributed by atoms with Gasteiger partial charge >= 0.3 is 5.56 Å². The predicted octanol–water partition coefficient (Wildman–Crippen LogP) is 5.97. The number of azo groups is 1. The molecule has 6 nitrogen and oxygen atoms in total. The fraction of sp³-hybridized carbons (Fsp3) is 0.100. The van der Waals surface area contributed by atoms with Crippen LogP contribution in [0.3, 0.4) is 0 Å². The van der Waals surface area contributed by atoms with Crippen LogP contribution >= 0.6 is 22.9 Å². The van der Waals surface area contributed by atoms with Gasteiger partial charge < -0.3 is 0 Å². The molecule has 0 saturated heterocycles. The smallest absolute Gasteiger partial charge is 0.291 e. The van der Waals surface area contributed by atoms with E-state index in [0.717, 1.165) is 16.8 Å². The minimum atomic E-state index is -0.287. The van der Waals surface area contributed by atoms with Gasteiger partial charge in [0.05, 0.1) is 17.1 Å². The predicted molar refractivity (Wildman–Crippen MR) is 113 cm³/mol. The Hall–Kier alpha value is -3.03. The van der Waals surface area contributed by atoms with E-state index in [-0.39, 0.29) is 11.2 Å². The van der Waals surface area contributed by atoms with Crippen LogP contribution in [-0.4, -0.2) is 14.8 Å². The second kappa shape index (κ2) is 7.53. The standard InChI is InChI=1S/C20H16ClN5OS/c1-12-3-9-16(10-4-12)23-24-18-13(2)25-26(19(18)27)20-22-17(11-28-20)14-5-7-15(21)8-6-14/h3-11,25H,1-2H3. The molecule has 8 heteroatoms. The van der Waals surface area contributed by atoms with Gasteiger partial charge in [0.2, 0.25) is 5.13 Å². The van der Waals surface area contributed by atoms with Gasteiger partial charge in [-0.05, 0) is 38.1 Å². The third-order valence-corrected chi connectivity index (χ3v) is 5.24. The molecule has 0 bridgehead atoms. The SMILES string of the molecule is Cc1ccc(N=Nc2c(C)[nH]n(-c3nc(-c4ccc(Cl)cc4)cs3)c2=O)cc1. The highest BCUT2D eigenvalue weighted by molar-refractivity contribution is 7.12. The molecule has 0 aliphatic rings. The summed E-state index contributed by atoms with van der Waals surface area (Å²) in [6, 6.07) is 15.0. The van der Waals surface area contributed by atoms with E-state index in [1.54, 1.807) is 6.92 Å². The van der Waals surface area contributed by atoms with Crippen LogP contribution in [0.15, 0.2) is 68.9 Å². The Morgan fingerprint density at radius 1 is 1.04 bits per heavy atom. The molecule has 2 heterocycles. The molecule has 2 aromatic heterocycles. The van der Waals surface area contributed by atoms with Crippen molar-refractivity contribution < 1.29 is 0 Å². The highest BCUT2D eigenvalue weighted by Crippen LogP contribution is 2.26. The Morgan fingerprint density at radius 2 is 1.75 bits per heavy atom. The Balaban J connectivity index is 1.65. The molecule has 0 fully saturated rings. The van der Waals surface area contributed by atoms with Gasteiger partial charge in [0.1, 0.15) is 0 Å². The Kier molecular flexibility index (Phi) is 4.93. The van der Waals surface area contributed by atoms with Crippen LogP contribution in [0.5, 0.6) is 0 Å². The van der Waals surface area contributed by atoms with Crippen LogP contribution in [0.4, 0.5) is 11.4 Å². The highest BCUT2D eigenvalue weighted by atomic mass is 35.5. The Labute approximate surface area is 170 Å². The summed E-state index contributed by atoms with van der Waals surface area (Å²) in [5, 5.41) is 14.4. The van der Waals surface area contributed by atoms with Gasteiger partial charge in [-0.15, -0.1) is 16.5 Å². The zero-order valence-corrected chi connectivity index (χ0v) is 16.8. The van der Waals surface area contributed by atoms with E-state index in [1.807, 2.05) is 60.8 Å². The molecule has 0 amide bonds. The normalized spacial score (nSPS) is 11.4. The maximum Gasteiger partial charge on any atom is 0.301 e. The summed E-state index contributed by atoms with van der Waals surface area (Å²) in [4.78, 5) is 17.3. The van der Waals surface area contributed by atoms with Gasteiger partial charge in [0.25, 0.3) is 0 Å². The fourth-order valence-electron chi connectivity index (χ4n) is 2.63. The van der Waals surface area contributed by atoms with Gasteiger partial charge in [-0.3, -0.25) is 9.89 Å². The minimum absolute atomic E-state index is 0.267.